The highest BCUT2D eigenvalue weighted by Gasteiger charge is 2.22. The van der Waals surface area contributed by atoms with Gasteiger partial charge in [-0.3, -0.25) is 0 Å². The van der Waals surface area contributed by atoms with Crippen molar-refractivity contribution in [2.24, 2.45) is 0 Å². The van der Waals surface area contributed by atoms with Gasteiger partial charge in [-0.25, -0.2) is 8.78 Å². The van der Waals surface area contributed by atoms with Crippen LogP contribution >= 0.6 is 0 Å². The molecule has 2 rings (SSSR count). The van der Waals surface area contributed by atoms with Gasteiger partial charge in [-0.05, 0) is 31.0 Å². The fraction of sp³-hybridized carbons (Fsp3) is 0.571. The first-order chi connectivity index (χ1) is 9.10. The Hall–Kier alpha value is -1.04. The van der Waals surface area contributed by atoms with Crippen molar-refractivity contribution in [1.82, 2.24) is 4.90 Å². The van der Waals surface area contributed by atoms with E-state index in [2.05, 4.69) is 0 Å². The van der Waals surface area contributed by atoms with Gasteiger partial charge >= 0.3 is 0 Å². The van der Waals surface area contributed by atoms with Gasteiger partial charge in [0.1, 0.15) is 11.6 Å². The zero-order valence-corrected chi connectivity index (χ0v) is 11.0. The van der Waals surface area contributed by atoms with Gasteiger partial charge in [0.05, 0.1) is 12.2 Å². The molecule has 19 heavy (non-hydrogen) atoms. The van der Waals surface area contributed by atoms with Crippen molar-refractivity contribution in [3.05, 3.63) is 35.4 Å². The maximum absolute atomic E-state index is 13.5. The first-order valence-corrected chi connectivity index (χ1v) is 6.48. The number of nitrogens with zero attached hydrogens (tertiary/aromatic N) is 1. The molecule has 0 radical (unpaired) electrons. The monoisotopic (exact) mass is 271 g/mol. The lowest BCUT2D eigenvalue weighted by Crippen LogP contribution is -2.39. The maximum atomic E-state index is 13.5. The summed E-state index contributed by atoms with van der Waals surface area (Å²) in [5.41, 5.74) is 0.0221. The van der Waals surface area contributed by atoms with Crippen LogP contribution in [0.4, 0.5) is 8.78 Å². The van der Waals surface area contributed by atoms with Crippen molar-refractivity contribution in [1.29, 1.82) is 0 Å². The smallest absolute Gasteiger partial charge is 0.129 e. The highest BCUT2D eigenvalue weighted by Crippen LogP contribution is 2.21. The third kappa shape index (κ3) is 3.72. The molecule has 0 bridgehead atoms. The van der Waals surface area contributed by atoms with Crippen LogP contribution < -0.4 is 0 Å². The Morgan fingerprint density at radius 2 is 2.05 bits per heavy atom. The quantitative estimate of drug-likeness (QED) is 0.910. The van der Waals surface area contributed by atoms with Crippen LogP contribution in [0, 0.1) is 11.6 Å². The average Bonchev–Trinajstić information content (AvgIpc) is 2.42. The summed E-state index contributed by atoms with van der Waals surface area (Å²) in [7, 11) is 1.69. The summed E-state index contributed by atoms with van der Waals surface area (Å²) in [6, 6.07) is 3.16. The predicted octanol–water partition coefficient (Wildman–Crippen LogP) is 2.11. The summed E-state index contributed by atoms with van der Waals surface area (Å²) in [5.74, 6) is -1.10. The highest BCUT2D eigenvalue weighted by atomic mass is 19.1. The van der Waals surface area contributed by atoms with Crippen molar-refractivity contribution in [2.45, 2.75) is 25.0 Å². The molecule has 0 aromatic heterocycles. The molecule has 5 heteroatoms. The minimum absolute atomic E-state index is 0.0221. The number of methoxy groups -OCH3 is 1. The van der Waals surface area contributed by atoms with Gasteiger partial charge in [0.25, 0.3) is 0 Å². The van der Waals surface area contributed by atoms with E-state index in [9.17, 15) is 13.9 Å². The second kappa shape index (κ2) is 6.41. The molecule has 0 amide bonds. The average molecular weight is 271 g/mol. The minimum Gasteiger partial charge on any atom is -0.387 e. The van der Waals surface area contributed by atoms with Crippen LogP contribution in [-0.4, -0.2) is 42.9 Å². The lowest BCUT2D eigenvalue weighted by atomic mass is 10.0. The number of hydrogen-bond acceptors (Lipinski definition) is 3. The zero-order chi connectivity index (χ0) is 13.8. The molecule has 0 aliphatic carbocycles. The molecule has 106 valence electrons. The Morgan fingerprint density at radius 3 is 2.68 bits per heavy atom. The number of benzene rings is 1. The van der Waals surface area contributed by atoms with Crippen LogP contribution in [0.1, 0.15) is 24.5 Å². The molecular weight excluding hydrogens is 252 g/mol. The van der Waals surface area contributed by atoms with Gasteiger partial charge in [0, 0.05) is 32.3 Å². The van der Waals surface area contributed by atoms with Crippen molar-refractivity contribution in [3.63, 3.8) is 0 Å². The summed E-state index contributed by atoms with van der Waals surface area (Å²) < 4.78 is 31.9. The van der Waals surface area contributed by atoms with Crippen LogP contribution in [0.15, 0.2) is 18.2 Å². The van der Waals surface area contributed by atoms with E-state index >= 15 is 0 Å². The van der Waals surface area contributed by atoms with Crippen LogP contribution in [-0.2, 0) is 4.74 Å². The number of aliphatic hydroxyl groups is 1. The Kier molecular flexibility index (Phi) is 4.85. The predicted molar refractivity (Wildman–Crippen MR) is 67.8 cm³/mol. The molecule has 1 aliphatic heterocycles. The number of ether oxygens (including phenoxy) is 1. The topological polar surface area (TPSA) is 32.7 Å². The zero-order valence-electron chi connectivity index (χ0n) is 11.0. The molecular formula is C14H19F2NO2. The SMILES string of the molecule is COC1CCN(CC(O)c2cc(F)ccc2F)CC1. The number of likely N-dealkylation sites (tertiary alicyclic amines) is 1. The fourth-order valence-corrected chi connectivity index (χ4v) is 2.44. The van der Waals surface area contributed by atoms with Crippen molar-refractivity contribution in [2.75, 3.05) is 26.7 Å². The number of halogens is 2. The number of hydrogen-bond donors (Lipinski definition) is 1. The number of β-amino-alcohol motifs (C(OH)–C–C–N with tert-alkyl or cyclic N) is 1. The largest absolute Gasteiger partial charge is 0.387 e. The van der Waals surface area contributed by atoms with E-state index in [1.54, 1.807) is 7.11 Å². The molecule has 1 aromatic rings. The number of rotatable bonds is 4. The summed E-state index contributed by atoms with van der Waals surface area (Å²) in [6.07, 6.45) is 1.05. The van der Waals surface area contributed by atoms with Crippen LogP contribution in [0.5, 0.6) is 0 Å². The van der Waals surface area contributed by atoms with E-state index in [1.807, 2.05) is 4.90 Å². The molecule has 0 spiro atoms. The molecule has 1 fully saturated rings. The first kappa shape index (κ1) is 14.4. The van der Waals surface area contributed by atoms with Crippen molar-refractivity contribution < 1.29 is 18.6 Å². The standard InChI is InChI=1S/C14H19F2NO2/c1-19-11-4-6-17(7-5-11)9-14(18)12-8-10(15)2-3-13(12)16/h2-3,8,11,14,18H,4-7,9H2,1H3. The van der Waals surface area contributed by atoms with E-state index in [0.29, 0.717) is 6.54 Å². The molecule has 1 saturated heterocycles. The molecule has 1 aromatic carbocycles. The van der Waals surface area contributed by atoms with Gasteiger partial charge in [-0.15, -0.1) is 0 Å². The van der Waals surface area contributed by atoms with E-state index in [1.165, 1.54) is 0 Å². The number of piperidine rings is 1. The summed E-state index contributed by atoms with van der Waals surface area (Å²) >= 11 is 0. The van der Waals surface area contributed by atoms with Crippen molar-refractivity contribution in [3.8, 4) is 0 Å². The van der Waals surface area contributed by atoms with E-state index < -0.39 is 17.7 Å². The molecule has 1 aliphatic rings. The lowest BCUT2D eigenvalue weighted by molar-refractivity contribution is 0.0236. The van der Waals surface area contributed by atoms with Gasteiger partial charge in [0.2, 0.25) is 0 Å². The lowest BCUT2D eigenvalue weighted by Gasteiger charge is -2.32. The number of aliphatic hydroxyl groups excluding tert-OH is 1. The molecule has 0 saturated carbocycles. The van der Waals surface area contributed by atoms with Crippen LogP contribution in [0.3, 0.4) is 0 Å². The van der Waals surface area contributed by atoms with Gasteiger partial charge in [0.15, 0.2) is 0 Å². The van der Waals surface area contributed by atoms with Gasteiger partial charge < -0.3 is 14.7 Å². The van der Waals surface area contributed by atoms with Crippen LogP contribution in [0.2, 0.25) is 0 Å². The highest BCUT2D eigenvalue weighted by molar-refractivity contribution is 5.21. The molecule has 1 unspecified atom stereocenters. The summed E-state index contributed by atoms with van der Waals surface area (Å²) in [6.45, 7) is 1.91. The molecule has 1 heterocycles. The van der Waals surface area contributed by atoms with Gasteiger partial charge in [-0.1, -0.05) is 0 Å². The second-order valence-corrected chi connectivity index (χ2v) is 4.92. The maximum Gasteiger partial charge on any atom is 0.129 e. The Labute approximate surface area is 111 Å². The van der Waals surface area contributed by atoms with Gasteiger partial charge in [-0.2, -0.15) is 0 Å². The van der Waals surface area contributed by atoms with E-state index in [4.69, 9.17) is 4.74 Å². The summed E-state index contributed by atoms with van der Waals surface area (Å²) in [4.78, 5) is 2.05. The molecule has 1 atom stereocenters. The minimum atomic E-state index is -1.00. The fourth-order valence-electron chi connectivity index (χ4n) is 2.44. The Bertz CT molecular complexity index is 420. The summed E-state index contributed by atoms with van der Waals surface area (Å²) in [5, 5.41) is 10.0. The normalized spacial score (nSPS) is 19.6. The first-order valence-electron chi connectivity index (χ1n) is 6.48. The second-order valence-electron chi connectivity index (χ2n) is 4.92. The third-order valence-corrected chi connectivity index (χ3v) is 3.62. The van der Waals surface area contributed by atoms with Crippen LogP contribution in [0.25, 0.3) is 0 Å². The Morgan fingerprint density at radius 1 is 1.37 bits per heavy atom. The van der Waals surface area contributed by atoms with Crippen molar-refractivity contribution >= 4 is 0 Å². The molecule has 3 nitrogen and oxygen atoms in total. The molecule has 1 N–H and O–H groups in total. The Balaban J connectivity index is 1.94. The third-order valence-electron chi connectivity index (χ3n) is 3.62. The van der Waals surface area contributed by atoms with E-state index in [0.717, 1.165) is 44.1 Å². The van der Waals surface area contributed by atoms with E-state index in [-0.39, 0.29) is 11.7 Å².